The molecular weight excluding hydrogens is 404 g/mol. The Kier molecular flexibility index (Phi) is 9.19. The van der Waals surface area contributed by atoms with Crippen LogP contribution in [0, 0.1) is 0 Å². The highest BCUT2D eigenvalue weighted by molar-refractivity contribution is 5.79. The van der Waals surface area contributed by atoms with Gasteiger partial charge in [0.1, 0.15) is 11.5 Å². The molecule has 0 aliphatic carbocycles. The van der Waals surface area contributed by atoms with Gasteiger partial charge in [0.05, 0.1) is 32.9 Å². The molecule has 1 heterocycles. The van der Waals surface area contributed by atoms with Gasteiger partial charge >= 0.3 is 0 Å². The molecule has 0 aromatic heterocycles. The molecular formula is C25H36N4O3. The summed E-state index contributed by atoms with van der Waals surface area (Å²) in [6.07, 6.45) is 1.75. The number of likely N-dealkylation sites (tertiary alicyclic amines) is 1. The average molecular weight is 441 g/mol. The fraction of sp³-hybridized carbons (Fsp3) is 0.480. The second kappa shape index (κ2) is 12.3. The topological polar surface area (TPSA) is 78.4 Å². The molecule has 0 bridgehead atoms. The van der Waals surface area contributed by atoms with Crippen LogP contribution in [0.3, 0.4) is 0 Å². The lowest BCUT2D eigenvalue weighted by Gasteiger charge is -2.28. The number of rotatable bonds is 10. The minimum Gasteiger partial charge on any atom is -0.497 e. The smallest absolute Gasteiger partial charge is 0.191 e. The summed E-state index contributed by atoms with van der Waals surface area (Å²) in [5, 5.41) is 17.2. The Bertz CT molecular complexity index is 868. The van der Waals surface area contributed by atoms with Crippen LogP contribution in [0.25, 0.3) is 0 Å². The maximum atomic E-state index is 10.6. The van der Waals surface area contributed by atoms with Crippen LogP contribution in [0.15, 0.2) is 53.5 Å². The average Bonchev–Trinajstić information content (AvgIpc) is 3.37. The summed E-state index contributed by atoms with van der Waals surface area (Å²) in [5.41, 5.74) is 1.96. The van der Waals surface area contributed by atoms with Crippen molar-refractivity contribution in [2.24, 2.45) is 4.99 Å². The monoisotopic (exact) mass is 440 g/mol. The molecule has 7 heteroatoms. The molecule has 0 radical (unpaired) electrons. The standard InChI is InChI=1S/C25H36N4O3/c1-4-26-25(28-18-23(30)19-10-9-11-20(16-19)31-2)27-17-22(29-14-7-8-15-29)21-12-5-6-13-24(21)32-3/h5-6,9-13,16,22-23,30H,4,7-8,14-15,17-18H2,1-3H3,(H2,26,27,28). The summed E-state index contributed by atoms with van der Waals surface area (Å²) in [5.74, 6) is 2.31. The number of hydrogen-bond acceptors (Lipinski definition) is 5. The maximum absolute atomic E-state index is 10.6. The first kappa shape index (κ1) is 23.9. The van der Waals surface area contributed by atoms with Crippen LogP contribution < -0.4 is 20.1 Å². The van der Waals surface area contributed by atoms with Gasteiger partial charge in [0.25, 0.3) is 0 Å². The van der Waals surface area contributed by atoms with Gasteiger partial charge in [-0.2, -0.15) is 0 Å². The van der Waals surface area contributed by atoms with E-state index in [0.717, 1.165) is 42.3 Å². The van der Waals surface area contributed by atoms with Gasteiger partial charge in [0.2, 0.25) is 0 Å². The van der Waals surface area contributed by atoms with Gasteiger partial charge in [-0.3, -0.25) is 9.89 Å². The van der Waals surface area contributed by atoms with Gasteiger partial charge in [-0.25, -0.2) is 0 Å². The van der Waals surface area contributed by atoms with E-state index < -0.39 is 6.10 Å². The maximum Gasteiger partial charge on any atom is 0.191 e. The van der Waals surface area contributed by atoms with Gasteiger partial charge in [-0.05, 0) is 56.6 Å². The predicted molar refractivity (Wildman–Crippen MR) is 128 cm³/mol. The molecule has 0 saturated carbocycles. The van der Waals surface area contributed by atoms with Crippen LogP contribution in [0.5, 0.6) is 11.5 Å². The van der Waals surface area contributed by atoms with E-state index in [9.17, 15) is 5.11 Å². The molecule has 2 unspecified atom stereocenters. The number of guanidine groups is 1. The summed E-state index contributed by atoms with van der Waals surface area (Å²) < 4.78 is 10.9. The number of aliphatic hydroxyl groups excluding tert-OH is 1. The molecule has 2 aromatic rings. The second-order valence-corrected chi connectivity index (χ2v) is 7.89. The van der Waals surface area contributed by atoms with Gasteiger partial charge in [-0.1, -0.05) is 30.3 Å². The molecule has 1 saturated heterocycles. The van der Waals surface area contributed by atoms with Crippen molar-refractivity contribution in [3.05, 3.63) is 59.7 Å². The molecule has 0 amide bonds. The number of ether oxygens (including phenoxy) is 2. The zero-order chi connectivity index (χ0) is 22.8. The predicted octanol–water partition coefficient (Wildman–Crippen LogP) is 3.13. The van der Waals surface area contributed by atoms with Crippen molar-refractivity contribution >= 4 is 5.96 Å². The number of benzene rings is 2. The Balaban J connectivity index is 1.72. The normalized spacial score (nSPS) is 16.4. The van der Waals surface area contributed by atoms with E-state index in [0.29, 0.717) is 19.0 Å². The summed E-state index contributed by atoms with van der Waals surface area (Å²) >= 11 is 0. The number of nitrogens with one attached hydrogen (secondary N) is 2. The van der Waals surface area contributed by atoms with Gasteiger partial charge in [0, 0.05) is 18.7 Å². The number of para-hydroxylation sites is 1. The molecule has 3 rings (SSSR count). The molecule has 2 atom stereocenters. The second-order valence-electron chi connectivity index (χ2n) is 7.89. The fourth-order valence-corrected chi connectivity index (χ4v) is 4.08. The van der Waals surface area contributed by atoms with Crippen molar-refractivity contribution in [3.8, 4) is 11.5 Å². The van der Waals surface area contributed by atoms with E-state index in [1.807, 2.05) is 43.3 Å². The third-order valence-corrected chi connectivity index (χ3v) is 5.79. The lowest BCUT2D eigenvalue weighted by molar-refractivity contribution is 0.180. The first-order valence-corrected chi connectivity index (χ1v) is 11.4. The molecule has 32 heavy (non-hydrogen) atoms. The van der Waals surface area contributed by atoms with Crippen molar-refractivity contribution in [1.29, 1.82) is 0 Å². The Morgan fingerprint density at radius 3 is 2.56 bits per heavy atom. The zero-order valence-electron chi connectivity index (χ0n) is 19.4. The molecule has 174 valence electrons. The van der Waals surface area contributed by atoms with Gasteiger partial charge < -0.3 is 25.2 Å². The van der Waals surface area contributed by atoms with Crippen molar-refractivity contribution in [2.45, 2.75) is 31.9 Å². The van der Waals surface area contributed by atoms with Gasteiger partial charge in [0.15, 0.2) is 5.96 Å². The molecule has 7 nitrogen and oxygen atoms in total. The highest BCUT2D eigenvalue weighted by Crippen LogP contribution is 2.31. The molecule has 0 spiro atoms. The van der Waals surface area contributed by atoms with Crippen molar-refractivity contribution in [3.63, 3.8) is 0 Å². The summed E-state index contributed by atoms with van der Waals surface area (Å²) in [7, 11) is 3.34. The largest absolute Gasteiger partial charge is 0.497 e. The first-order chi connectivity index (χ1) is 15.7. The van der Waals surface area contributed by atoms with Crippen LogP contribution in [0.1, 0.15) is 43.0 Å². The van der Waals surface area contributed by atoms with E-state index in [2.05, 4.69) is 27.7 Å². The van der Waals surface area contributed by atoms with Crippen LogP contribution >= 0.6 is 0 Å². The quantitative estimate of drug-likeness (QED) is 0.389. The Morgan fingerprint density at radius 2 is 1.84 bits per heavy atom. The Labute approximate surface area is 191 Å². The first-order valence-electron chi connectivity index (χ1n) is 11.4. The van der Waals surface area contributed by atoms with Gasteiger partial charge in [-0.15, -0.1) is 0 Å². The molecule has 1 aliphatic heterocycles. The molecule has 1 aliphatic rings. The number of hydrogen-bond donors (Lipinski definition) is 3. The van der Waals surface area contributed by atoms with Crippen LogP contribution in [-0.4, -0.2) is 62.9 Å². The van der Waals surface area contributed by atoms with Crippen molar-refractivity contribution < 1.29 is 14.6 Å². The SMILES string of the molecule is CCNC(=NCC(c1ccccc1OC)N1CCCC1)NCC(O)c1cccc(OC)c1. The minimum atomic E-state index is -0.669. The number of aliphatic imine (C=N–C) groups is 1. The summed E-state index contributed by atoms with van der Waals surface area (Å²) in [4.78, 5) is 7.35. The Hall–Kier alpha value is -2.77. The fourth-order valence-electron chi connectivity index (χ4n) is 4.08. The number of methoxy groups -OCH3 is 2. The van der Waals surface area contributed by atoms with Crippen molar-refractivity contribution in [1.82, 2.24) is 15.5 Å². The van der Waals surface area contributed by atoms with Crippen molar-refractivity contribution in [2.75, 3.05) is 46.9 Å². The molecule has 2 aromatic carbocycles. The summed E-state index contributed by atoms with van der Waals surface area (Å²) in [6.45, 7) is 5.86. The third-order valence-electron chi connectivity index (χ3n) is 5.79. The van der Waals surface area contributed by atoms with Crippen LogP contribution in [0.4, 0.5) is 0 Å². The van der Waals surface area contributed by atoms with E-state index in [-0.39, 0.29) is 6.04 Å². The molecule has 3 N–H and O–H groups in total. The van der Waals surface area contributed by atoms with Crippen LogP contribution in [0.2, 0.25) is 0 Å². The molecule has 1 fully saturated rings. The lowest BCUT2D eigenvalue weighted by Crippen LogP contribution is -2.40. The number of aliphatic hydroxyl groups is 1. The van der Waals surface area contributed by atoms with E-state index >= 15 is 0 Å². The lowest BCUT2D eigenvalue weighted by atomic mass is 10.0. The van der Waals surface area contributed by atoms with E-state index in [1.165, 1.54) is 12.8 Å². The summed E-state index contributed by atoms with van der Waals surface area (Å²) in [6, 6.07) is 15.8. The number of nitrogens with zero attached hydrogens (tertiary/aromatic N) is 2. The highest BCUT2D eigenvalue weighted by Gasteiger charge is 2.25. The van der Waals surface area contributed by atoms with Crippen LogP contribution in [-0.2, 0) is 0 Å². The third kappa shape index (κ3) is 6.37. The van der Waals surface area contributed by atoms with E-state index in [1.54, 1.807) is 14.2 Å². The Morgan fingerprint density at radius 1 is 1.06 bits per heavy atom. The minimum absolute atomic E-state index is 0.146. The highest BCUT2D eigenvalue weighted by atomic mass is 16.5. The van der Waals surface area contributed by atoms with E-state index in [4.69, 9.17) is 14.5 Å². The zero-order valence-corrected chi connectivity index (χ0v) is 19.4.